The monoisotopic (exact) mass is 372 g/mol. The van der Waals surface area contributed by atoms with Gasteiger partial charge in [0.05, 0.1) is 12.8 Å². The Bertz CT molecular complexity index is 930. The van der Waals surface area contributed by atoms with Gasteiger partial charge in [0, 0.05) is 18.1 Å². The summed E-state index contributed by atoms with van der Waals surface area (Å²) in [4.78, 5) is 16.8. The molecular weight excluding hydrogens is 352 g/mol. The second-order valence-corrected chi connectivity index (χ2v) is 6.69. The van der Waals surface area contributed by atoms with Crippen molar-refractivity contribution in [3.8, 4) is 17.0 Å². The maximum absolute atomic E-state index is 12.3. The first-order valence-electron chi connectivity index (χ1n) is 8.02. The fourth-order valence-corrected chi connectivity index (χ4v) is 3.32. The summed E-state index contributed by atoms with van der Waals surface area (Å²) in [5.74, 6) is 1.34. The van der Waals surface area contributed by atoms with Crippen LogP contribution in [0.25, 0.3) is 11.3 Å². The molecule has 136 valence electrons. The number of benzene rings is 1. The normalized spacial score (nSPS) is 10.8. The number of methoxy groups -OCH3 is 2. The molecule has 0 spiro atoms. The summed E-state index contributed by atoms with van der Waals surface area (Å²) in [5, 5.41) is 5.20. The third kappa shape index (κ3) is 3.79. The minimum atomic E-state index is -0.337. The molecule has 0 radical (unpaired) electrons. The maximum Gasteiger partial charge on any atom is 0.293 e. The van der Waals surface area contributed by atoms with Crippen LogP contribution in [0, 0.1) is 13.8 Å². The van der Waals surface area contributed by atoms with Gasteiger partial charge in [-0.15, -0.1) is 11.3 Å². The fourth-order valence-electron chi connectivity index (χ4n) is 2.62. The molecule has 1 amide bonds. The molecule has 6 nitrogen and oxygen atoms in total. The third-order valence-corrected chi connectivity index (χ3v) is 4.67. The van der Waals surface area contributed by atoms with Gasteiger partial charge in [0.25, 0.3) is 5.91 Å². The number of carbonyl (C=O) groups excluding carboxylic acids is 1. The highest BCUT2D eigenvalue weighted by Crippen LogP contribution is 2.32. The van der Waals surface area contributed by atoms with Crippen molar-refractivity contribution < 1.29 is 18.7 Å². The van der Waals surface area contributed by atoms with Gasteiger partial charge in [-0.1, -0.05) is 0 Å². The van der Waals surface area contributed by atoms with Crippen LogP contribution in [0.5, 0.6) is 5.75 Å². The van der Waals surface area contributed by atoms with E-state index < -0.39 is 0 Å². The van der Waals surface area contributed by atoms with Crippen LogP contribution in [0.1, 0.15) is 27.4 Å². The Hall–Kier alpha value is -2.64. The topological polar surface area (TPSA) is 73.6 Å². The molecule has 0 fully saturated rings. The number of aryl methyl sites for hydroxylation is 2. The number of anilines is 1. The van der Waals surface area contributed by atoms with Gasteiger partial charge in [0.15, 0.2) is 10.9 Å². The summed E-state index contributed by atoms with van der Waals surface area (Å²) in [6, 6.07) is 7.37. The van der Waals surface area contributed by atoms with Crippen LogP contribution in [0.15, 0.2) is 34.1 Å². The molecule has 0 saturated heterocycles. The van der Waals surface area contributed by atoms with Crippen molar-refractivity contribution in [2.75, 3.05) is 19.5 Å². The number of furan rings is 1. The summed E-state index contributed by atoms with van der Waals surface area (Å²) in [5.41, 5.74) is 3.92. The molecule has 0 aliphatic carbocycles. The molecule has 3 aromatic rings. The van der Waals surface area contributed by atoms with Crippen LogP contribution < -0.4 is 10.1 Å². The van der Waals surface area contributed by atoms with E-state index in [0.717, 1.165) is 28.1 Å². The fraction of sp³-hybridized carbons (Fsp3) is 0.263. The summed E-state index contributed by atoms with van der Waals surface area (Å²) < 4.78 is 15.8. The molecule has 7 heteroatoms. The van der Waals surface area contributed by atoms with Gasteiger partial charge < -0.3 is 13.9 Å². The van der Waals surface area contributed by atoms with Gasteiger partial charge >= 0.3 is 0 Å². The predicted molar refractivity (Wildman–Crippen MR) is 101 cm³/mol. The quantitative estimate of drug-likeness (QED) is 0.693. The van der Waals surface area contributed by atoms with Crippen LogP contribution >= 0.6 is 11.3 Å². The van der Waals surface area contributed by atoms with E-state index >= 15 is 0 Å². The van der Waals surface area contributed by atoms with E-state index in [0.29, 0.717) is 17.5 Å². The molecular formula is C19H20N2O4S. The molecule has 2 heterocycles. The van der Waals surface area contributed by atoms with E-state index in [9.17, 15) is 4.79 Å². The second-order valence-electron chi connectivity index (χ2n) is 5.83. The van der Waals surface area contributed by atoms with Crippen LogP contribution in [0.4, 0.5) is 5.13 Å². The number of aromatic nitrogens is 1. The minimum Gasteiger partial charge on any atom is -0.496 e. The lowest BCUT2D eigenvalue weighted by Crippen LogP contribution is -2.10. The van der Waals surface area contributed by atoms with E-state index in [2.05, 4.69) is 10.3 Å². The van der Waals surface area contributed by atoms with Crippen molar-refractivity contribution in [1.29, 1.82) is 0 Å². The van der Waals surface area contributed by atoms with Crippen molar-refractivity contribution in [2.45, 2.75) is 20.5 Å². The van der Waals surface area contributed by atoms with E-state index in [1.54, 1.807) is 26.4 Å². The minimum absolute atomic E-state index is 0.227. The van der Waals surface area contributed by atoms with Crippen molar-refractivity contribution in [2.24, 2.45) is 0 Å². The first-order chi connectivity index (χ1) is 12.5. The van der Waals surface area contributed by atoms with Crippen molar-refractivity contribution in [1.82, 2.24) is 4.98 Å². The van der Waals surface area contributed by atoms with E-state index in [-0.39, 0.29) is 11.7 Å². The van der Waals surface area contributed by atoms with Crippen LogP contribution in [-0.4, -0.2) is 25.1 Å². The molecule has 3 rings (SSSR count). The van der Waals surface area contributed by atoms with Gasteiger partial charge in [-0.2, -0.15) is 0 Å². The Kier molecular flexibility index (Phi) is 5.39. The number of ether oxygens (including phenoxy) is 2. The molecule has 1 N–H and O–H groups in total. The molecule has 1 aromatic carbocycles. The largest absolute Gasteiger partial charge is 0.496 e. The van der Waals surface area contributed by atoms with Gasteiger partial charge in [0.2, 0.25) is 0 Å². The lowest BCUT2D eigenvalue weighted by Gasteiger charge is -2.09. The van der Waals surface area contributed by atoms with E-state index in [1.165, 1.54) is 11.3 Å². The molecule has 0 bridgehead atoms. The smallest absolute Gasteiger partial charge is 0.293 e. The predicted octanol–water partition coefficient (Wildman–Crippen LogP) is 4.43. The van der Waals surface area contributed by atoms with Crippen LogP contribution in [-0.2, 0) is 11.3 Å². The Morgan fingerprint density at radius 1 is 1.23 bits per heavy atom. The van der Waals surface area contributed by atoms with Crippen molar-refractivity contribution >= 4 is 22.4 Å². The molecule has 2 aromatic heterocycles. The van der Waals surface area contributed by atoms with E-state index in [1.807, 2.05) is 31.4 Å². The molecule has 0 atom stereocenters. The molecule has 0 saturated carbocycles. The van der Waals surface area contributed by atoms with Crippen LogP contribution in [0.2, 0.25) is 0 Å². The first kappa shape index (κ1) is 18.2. The number of nitrogens with one attached hydrogen (secondary N) is 1. The molecule has 0 aliphatic rings. The zero-order valence-electron chi connectivity index (χ0n) is 15.1. The number of thiazole rings is 1. The Balaban J connectivity index is 1.77. The second kappa shape index (κ2) is 7.72. The molecule has 0 aliphatic heterocycles. The van der Waals surface area contributed by atoms with Crippen molar-refractivity contribution in [3.05, 3.63) is 52.3 Å². The van der Waals surface area contributed by atoms with Crippen molar-refractivity contribution in [3.63, 3.8) is 0 Å². The Morgan fingerprint density at radius 2 is 2.04 bits per heavy atom. The van der Waals surface area contributed by atoms with Gasteiger partial charge in [-0.3, -0.25) is 10.1 Å². The lowest BCUT2D eigenvalue weighted by atomic mass is 10.0. The highest BCUT2D eigenvalue weighted by Gasteiger charge is 2.15. The number of hydrogen-bond acceptors (Lipinski definition) is 6. The third-order valence-electron chi connectivity index (χ3n) is 3.91. The zero-order valence-corrected chi connectivity index (χ0v) is 15.9. The molecule has 0 unspecified atom stereocenters. The summed E-state index contributed by atoms with van der Waals surface area (Å²) in [6.45, 7) is 4.32. The number of carbonyl (C=O) groups is 1. The number of amides is 1. The Morgan fingerprint density at radius 3 is 2.77 bits per heavy atom. The van der Waals surface area contributed by atoms with E-state index in [4.69, 9.17) is 13.9 Å². The number of nitrogens with zero attached hydrogens (tertiary/aromatic N) is 1. The summed E-state index contributed by atoms with van der Waals surface area (Å²) in [7, 11) is 3.23. The SMILES string of the molecule is COCc1ccc(C(=O)Nc2nc(-c3cc(C)c(OC)cc3C)cs2)o1. The average Bonchev–Trinajstić information content (AvgIpc) is 3.26. The highest BCUT2D eigenvalue weighted by molar-refractivity contribution is 7.14. The maximum atomic E-state index is 12.3. The zero-order chi connectivity index (χ0) is 18.7. The van der Waals surface area contributed by atoms with Gasteiger partial charge in [-0.05, 0) is 49.2 Å². The molecule has 26 heavy (non-hydrogen) atoms. The standard InChI is InChI=1S/C19H20N2O4S/c1-11-8-17(24-4)12(2)7-14(11)15-10-26-19(20-15)21-18(22)16-6-5-13(25-16)9-23-3/h5-8,10H,9H2,1-4H3,(H,20,21,22). The first-order valence-corrected chi connectivity index (χ1v) is 8.90. The summed E-state index contributed by atoms with van der Waals surface area (Å²) >= 11 is 1.37. The number of rotatable bonds is 6. The van der Waals surface area contributed by atoms with Crippen LogP contribution in [0.3, 0.4) is 0 Å². The van der Waals surface area contributed by atoms with Gasteiger partial charge in [0.1, 0.15) is 18.1 Å². The average molecular weight is 372 g/mol. The summed E-state index contributed by atoms with van der Waals surface area (Å²) in [6.07, 6.45) is 0. The van der Waals surface area contributed by atoms with Gasteiger partial charge in [-0.25, -0.2) is 4.98 Å². The number of hydrogen-bond donors (Lipinski definition) is 1. The Labute approximate surface area is 155 Å². The highest BCUT2D eigenvalue weighted by atomic mass is 32.1. The lowest BCUT2D eigenvalue weighted by molar-refractivity contribution is 0.0987.